The number of thiocarbonyl (C=S) groups is 1. The summed E-state index contributed by atoms with van der Waals surface area (Å²) in [4.78, 5) is 4.04. The van der Waals surface area contributed by atoms with Gasteiger partial charge in [0.25, 0.3) is 0 Å². The molecule has 0 saturated carbocycles. The van der Waals surface area contributed by atoms with Gasteiger partial charge in [0, 0.05) is 18.7 Å². The number of pyridine rings is 1. The van der Waals surface area contributed by atoms with Crippen molar-refractivity contribution >= 4 is 17.3 Å². The van der Waals surface area contributed by atoms with Gasteiger partial charge in [0.1, 0.15) is 0 Å². The van der Waals surface area contributed by atoms with Crippen LogP contribution in [0.4, 0.5) is 0 Å². The number of unbranched alkanes of at least 4 members (excludes halogenated alkanes) is 2. The SMILES string of the molecule is CCCCCC(=S)Oc1ccccn1. The number of rotatable bonds is 5. The van der Waals surface area contributed by atoms with Gasteiger partial charge in [-0.3, -0.25) is 0 Å². The highest BCUT2D eigenvalue weighted by atomic mass is 32.1. The molecule has 2 nitrogen and oxygen atoms in total. The van der Waals surface area contributed by atoms with Crippen molar-refractivity contribution in [2.75, 3.05) is 0 Å². The van der Waals surface area contributed by atoms with Crippen molar-refractivity contribution in [3.8, 4) is 5.88 Å². The van der Waals surface area contributed by atoms with E-state index in [0.29, 0.717) is 10.9 Å². The topological polar surface area (TPSA) is 22.1 Å². The van der Waals surface area contributed by atoms with Gasteiger partial charge < -0.3 is 4.74 Å². The zero-order valence-electron chi connectivity index (χ0n) is 8.40. The minimum Gasteiger partial charge on any atom is -0.432 e. The van der Waals surface area contributed by atoms with Gasteiger partial charge in [-0.25, -0.2) is 4.98 Å². The summed E-state index contributed by atoms with van der Waals surface area (Å²) in [5.74, 6) is 0.592. The maximum absolute atomic E-state index is 5.38. The fourth-order valence-electron chi connectivity index (χ4n) is 1.09. The average Bonchev–Trinajstić information content (AvgIpc) is 2.20. The van der Waals surface area contributed by atoms with Crippen molar-refractivity contribution in [3.63, 3.8) is 0 Å². The third-order valence-corrected chi connectivity index (χ3v) is 2.13. The summed E-state index contributed by atoms with van der Waals surface area (Å²) in [5.41, 5.74) is 0. The number of hydrogen-bond donors (Lipinski definition) is 0. The molecular weight excluding hydrogens is 194 g/mol. The van der Waals surface area contributed by atoms with Crippen LogP contribution in [0.25, 0.3) is 0 Å². The number of nitrogens with zero attached hydrogens (tertiary/aromatic N) is 1. The summed E-state index contributed by atoms with van der Waals surface area (Å²) < 4.78 is 5.38. The summed E-state index contributed by atoms with van der Waals surface area (Å²) in [7, 11) is 0. The van der Waals surface area contributed by atoms with Gasteiger partial charge in [-0.2, -0.15) is 0 Å². The Morgan fingerprint density at radius 2 is 2.29 bits per heavy atom. The largest absolute Gasteiger partial charge is 0.432 e. The van der Waals surface area contributed by atoms with Crippen molar-refractivity contribution in [1.82, 2.24) is 4.98 Å². The molecule has 0 aliphatic heterocycles. The molecule has 0 saturated heterocycles. The molecule has 3 heteroatoms. The molecule has 0 bridgehead atoms. The van der Waals surface area contributed by atoms with Gasteiger partial charge in [0.2, 0.25) is 5.88 Å². The van der Waals surface area contributed by atoms with Crippen molar-refractivity contribution in [2.24, 2.45) is 0 Å². The van der Waals surface area contributed by atoms with Crippen LogP contribution in [0.5, 0.6) is 5.88 Å². The van der Waals surface area contributed by atoms with Crippen LogP contribution in [0, 0.1) is 0 Å². The zero-order chi connectivity index (χ0) is 10.2. The maximum atomic E-state index is 5.38. The average molecular weight is 209 g/mol. The van der Waals surface area contributed by atoms with E-state index in [1.807, 2.05) is 18.2 Å². The van der Waals surface area contributed by atoms with E-state index in [0.717, 1.165) is 12.8 Å². The van der Waals surface area contributed by atoms with Gasteiger partial charge in [-0.05, 0) is 24.7 Å². The minimum absolute atomic E-state index is 0.592. The Hall–Kier alpha value is -0.960. The molecule has 0 amide bonds. The fourth-order valence-corrected chi connectivity index (χ4v) is 1.32. The first-order valence-corrected chi connectivity index (χ1v) is 5.35. The van der Waals surface area contributed by atoms with Crippen LogP contribution in [0.3, 0.4) is 0 Å². The van der Waals surface area contributed by atoms with E-state index >= 15 is 0 Å². The van der Waals surface area contributed by atoms with Crippen molar-refractivity contribution in [3.05, 3.63) is 24.4 Å². The quantitative estimate of drug-likeness (QED) is 0.548. The first-order valence-electron chi connectivity index (χ1n) is 4.94. The molecule has 1 aromatic rings. The smallest absolute Gasteiger partial charge is 0.219 e. The second kappa shape index (κ2) is 6.49. The molecular formula is C11H15NOS. The second-order valence-electron chi connectivity index (χ2n) is 3.10. The van der Waals surface area contributed by atoms with E-state index in [1.54, 1.807) is 6.20 Å². The third kappa shape index (κ3) is 4.33. The van der Waals surface area contributed by atoms with E-state index in [-0.39, 0.29) is 0 Å². The normalized spacial score (nSPS) is 9.79. The predicted octanol–water partition coefficient (Wildman–Crippen LogP) is 3.37. The second-order valence-corrected chi connectivity index (χ2v) is 3.55. The van der Waals surface area contributed by atoms with E-state index in [4.69, 9.17) is 17.0 Å². The van der Waals surface area contributed by atoms with Crippen molar-refractivity contribution < 1.29 is 4.74 Å². The Labute approximate surface area is 90.3 Å². The molecule has 0 aliphatic carbocycles. The van der Waals surface area contributed by atoms with Crippen LogP contribution in [0.1, 0.15) is 32.6 Å². The molecule has 0 unspecified atom stereocenters. The van der Waals surface area contributed by atoms with E-state index in [2.05, 4.69) is 11.9 Å². The molecule has 0 spiro atoms. The highest BCUT2D eigenvalue weighted by Crippen LogP contribution is 2.08. The van der Waals surface area contributed by atoms with Crippen LogP contribution < -0.4 is 4.74 Å². The van der Waals surface area contributed by atoms with Crippen LogP contribution in [0.15, 0.2) is 24.4 Å². The molecule has 1 aromatic heterocycles. The summed E-state index contributed by atoms with van der Waals surface area (Å²) >= 11 is 5.09. The first kappa shape index (κ1) is 11.1. The number of aromatic nitrogens is 1. The van der Waals surface area contributed by atoms with Gasteiger partial charge >= 0.3 is 0 Å². The van der Waals surface area contributed by atoms with Crippen LogP contribution in [0.2, 0.25) is 0 Å². The predicted molar refractivity (Wildman–Crippen MR) is 61.6 cm³/mol. The third-order valence-electron chi connectivity index (χ3n) is 1.84. The first-order chi connectivity index (χ1) is 6.83. The van der Waals surface area contributed by atoms with E-state index in [9.17, 15) is 0 Å². The van der Waals surface area contributed by atoms with Crippen molar-refractivity contribution in [2.45, 2.75) is 32.6 Å². The molecule has 0 aliphatic rings. The summed E-state index contributed by atoms with van der Waals surface area (Å²) in [6.07, 6.45) is 6.05. The van der Waals surface area contributed by atoms with Gasteiger partial charge in [-0.15, -0.1) is 0 Å². The molecule has 0 N–H and O–H groups in total. The lowest BCUT2D eigenvalue weighted by Crippen LogP contribution is -2.05. The highest BCUT2D eigenvalue weighted by molar-refractivity contribution is 7.80. The monoisotopic (exact) mass is 209 g/mol. The Kier molecular flexibility index (Phi) is 5.15. The fraction of sp³-hybridized carbons (Fsp3) is 0.455. The van der Waals surface area contributed by atoms with Gasteiger partial charge in [0.05, 0.1) is 0 Å². The molecule has 0 atom stereocenters. The van der Waals surface area contributed by atoms with E-state index in [1.165, 1.54) is 12.8 Å². The van der Waals surface area contributed by atoms with Crippen LogP contribution in [-0.2, 0) is 0 Å². The molecule has 1 rings (SSSR count). The number of hydrogen-bond acceptors (Lipinski definition) is 3. The molecule has 14 heavy (non-hydrogen) atoms. The molecule has 1 heterocycles. The lowest BCUT2D eigenvalue weighted by molar-refractivity contribution is 0.518. The highest BCUT2D eigenvalue weighted by Gasteiger charge is 1.99. The number of ether oxygens (including phenoxy) is 1. The Balaban J connectivity index is 2.27. The molecule has 0 radical (unpaired) electrons. The Bertz CT molecular complexity index is 274. The standard InChI is InChI=1S/C11H15NOS/c1-2-3-4-8-11(14)13-10-7-5-6-9-12-10/h5-7,9H,2-4,8H2,1H3. The van der Waals surface area contributed by atoms with E-state index < -0.39 is 0 Å². The summed E-state index contributed by atoms with van der Waals surface area (Å²) in [6.45, 7) is 2.17. The molecule has 0 fully saturated rings. The van der Waals surface area contributed by atoms with Gasteiger partial charge in [0.15, 0.2) is 5.05 Å². The maximum Gasteiger partial charge on any atom is 0.219 e. The zero-order valence-corrected chi connectivity index (χ0v) is 9.22. The minimum atomic E-state index is 0.592. The summed E-state index contributed by atoms with van der Waals surface area (Å²) in [6, 6.07) is 5.55. The molecule has 0 aromatic carbocycles. The summed E-state index contributed by atoms with van der Waals surface area (Å²) in [5, 5.41) is 0.636. The Morgan fingerprint density at radius 3 is 2.93 bits per heavy atom. The molecule has 76 valence electrons. The lowest BCUT2D eigenvalue weighted by atomic mass is 10.2. The van der Waals surface area contributed by atoms with Crippen LogP contribution >= 0.6 is 12.2 Å². The van der Waals surface area contributed by atoms with Crippen molar-refractivity contribution in [1.29, 1.82) is 0 Å². The Morgan fingerprint density at radius 1 is 1.43 bits per heavy atom. The van der Waals surface area contributed by atoms with Crippen LogP contribution in [-0.4, -0.2) is 10.0 Å². The lowest BCUT2D eigenvalue weighted by Gasteiger charge is -2.04. The van der Waals surface area contributed by atoms with Gasteiger partial charge in [-0.1, -0.05) is 25.8 Å².